The van der Waals surface area contributed by atoms with E-state index >= 15 is 0 Å². The number of aromatic nitrogens is 1. The first-order valence-corrected chi connectivity index (χ1v) is 7.50. The van der Waals surface area contributed by atoms with Gasteiger partial charge in [0.05, 0.1) is 11.6 Å². The number of hydrogen-bond donors (Lipinski definition) is 2. The van der Waals surface area contributed by atoms with Crippen LogP contribution in [0.1, 0.15) is 20.2 Å². The maximum atomic E-state index is 12.0. The number of rotatable bonds is 4. The molecule has 0 atom stereocenters. The molecule has 0 aromatic carbocycles. The fourth-order valence-corrected chi connectivity index (χ4v) is 2.86. The first-order valence-electron chi connectivity index (χ1n) is 5.74. The molecule has 2 aromatic rings. The lowest BCUT2D eigenvalue weighted by atomic mass is 10.2. The summed E-state index contributed by atoms with van der Waals surface area (Å²) in [5.74, 6) is 5.57. The summed E-state index contributed by atoms with van der Waals surface area (Å²) in [5.41, 5.74) is 6.07. The van der Waals surface area contributed by atoms with Gasteiger partial charge in [0, 0.05) is 30.1 Å². The van der Waals surface area contributed by atoms with E-state index in [1.54, 1.807) is 17.5 Å². The van der Waals surface area contributed by atoms with Crippen LogP contribution in [0.15, 0.2) is 23.0 Å². The Labute approximate surface area is 119 Å². The number of nitrogens with two attached hydrogens (primary N) is 1. The molecule has 0 aliphatic carbocycles. The third kappa shape index (κ3) is 3.89. The molecule has 0 aliphatic heterocycles. The molecule has 0 saturated heterocycles. The molecule has 2 heterocycles. The molecule has 2 rings (SSSR count). The number of thiazole rings is 1. The van der Waals surface area contributed by atoms with Crippen LogP contribution in [0.25, 0.3) is 0 Å². The monoisotopic (exact) mass is 291 g/mol. The summed E-state index contributed by atoms with van der Waals surface area (Å²) in [6, 6.07) is 1.84. The lowest BCUT2D eigenvalue weighted by molar-refractivity contribution is 0.0958. The van der Waals surface area contributed by atoms with Crippen LogP contribution in [-0.2, 0) is 6.42 Å². The maximum absolute atomic E-state index is 12.0. The van der Waals surface area contributed by atoms with E-state index in [1.807, 2.05) is 16.8 Å². The zero-order chi connectivity index (χ0) is 13.5. The zero-order valence-corrected chi connectivity index (χ0v) is 11.8. The number of thiophene rings is 1. The van der Waals surface area contributed by atoms with E-state index in [4.69, 9.17) is 5.73 Å². The van der Waals surface area contributed by atoms with Crippen molar-refractivity contribution in [2.24, 2.45) is 5.73 Å². The van der Waals surface area contributed by atoms with E-state index in [1.165, 1.54) is 11.3 Å². The van der Waals surface area contributed by atoms with Gasteiger partial charge in [-0.15, -0.1) is 22.7 Å². The smallest absolute Gasteiger partial charge is 0.262 e. The number of amides is 1. The van der Waals surface area contributed by atoms with Gasteiger partial charge in [-0.05, 0) is 11.4 Å². The van der Waals surface area contributed by atoms with Crippen LogP contribution in [0.2, 0.25) is 0 Å². The highest BCUT2D eigenvalue weighted by molar-refractivity contribution is 7.12. The third-order valence-corrected chi connectivity index (χ3v) is 4.06. The van der Waals surface area contributed by atoms with Gasteiger partial charge < -0.3 is 11.1 Å². The maximum Gasteiger partial charge on any atom is 0.262 e. The van der Waals surface area contributed by atoms with Crippen molar-refractivity contribution in [3.05, 3.63) is 38.5 Å². The first kappa shape index (κ1) is 13.7. The Morgan fingerprint density at radius 2 is 2.32 bits per heavy atom. The summed E-state index contributed by atoms with van der Waals surface area (Å²) in [4.78, 5) is 16.8. The molecule has 1 amide bonds. The number of carbonyl (C=O) groups excluding carboxylic acids is 1. The van der Waals surface area contributed by atoms with Gasteiger partial charge in [0.15, 0.2) is 0 Å². The molecule has 0 bridgehead atoms. The quantitative estimate of drug-likeness (QED) is 0.839. The first-order chi connectivity index (χ1) is 9.31. The van der Waals surface area contributed by atoms with Gasteiger partial charge in [-0.3, -0.25) is 4.79 Å². The number of carbonyl (C=O) groups is 1. The van der Waals surface area contributed by atoms with Crippen molar-refractivity contribution in [1.82, 2.24) is 10.3 Å². The minimum Gasteiger partial charge on any atom is -0.351 e. The molecule has 2 aromatic heterocycles. The van der Waals surface area contributed by atoms with Gasteiger partial charge in [-0.25, -0.2) is 4.98 Å². The van der Waals surface area contributed by atoms with Crippen LogP contribution < -0.4 is 11.1 Å². The van der Waals surface area contributed by atoms with Crippen LogP contribution in [0.5, 0.6) is 0 Å². The number of hydrogen-bond acceptors (Lipinski definition) is 5. The van der Waals surface area contributed by atoms with Gasteiger partial charge in [-0.1, -0.05) is 11.8 Å². The molecular formula is C13H13N3OS2. The Morgan fingerprint density at radius 1 is 1.42 bits per heavy atom. The minimum atomic E-state index is -0.0899. The average Bonchev–Trinajstić information content (AvgIpc) is 3.07. The Hall–Kier alpha value is -1.68. The molecule has 19 heavy (non-hydrogen) atoms. The number of nitrogens with zero attached hydrogens (tertiary/aromatic N) is 1. The second-order valence-electron chi connectivity index (χ2n) is 3.60. The molecular weight excluding hydrogens is 278 g/mol. The SMILES string of the molecule is NCC#Cc1ccsc1C(=O)NCCc1nccs1. The predicted octanol–water partition coefficient (Wildman–Crippen LogP) is 1.49. The van der Waals surface area contributed by atoms with Gasteiger partial charge in [0.2, 0.25) is 0 Å². The van der Waals surface area contributed by atoms with E-state index in [0.717, 1.165) is 17.0 Å². The van der Waals surface area contributed by atoms with Crippen molar-refractivity contribution >= 4 is 28.6 Å². The molecule has 0 aliphatic rings. The van der Waals surface area contributed by atoms with E-state index in [-0.39, 0.29) is 5.91 Å². The molecule has 3 N–H and O–H groups in total. The Morgan fingerprint density at radius 3 is 3.05 bits per heavy atom. The van der Waals surface area contributed by atoms with Crippen molar-refractivity contribution in [2.45, 2.75) is 6.42 Å². The molecule has 0 radical (unpaired) electrons. The highest BCUT2D eigenvalue weighted by Crippen LogP contribution is 2.15. The van der Waals surface area contributed by atoms with Crippen LogP contribution in [0, 0.1) is 11.8 Å². The lowest BCUT2D eigenvalue weighted by Gasteiger charge is -2.02. The van der Waals surface area contributed by atoms with Crippen molar-refractivity contribution < 1.29 is 4.79 Å². The molecule has 0 saturated carbocycles. The molecule has 0 spiro atoms. The largest absolute Gasteiger partial charge is 0.351 e. The Bertz CT molecular complexity index is 593. The van der Waals surface area contributed by atoms with Crippen LogP contribution >= 0.6 is 22.7 Å². The van der Waals surface area contributed by atoms with Crippen LogP contribution in [0.4, 0.5) is 0 Å². The third-order valence-electron chi connectivity index (χ3n) is 2.30. The standard InChI is InChI=1S/C13H13N3OS2/c14-5-1-2-10-4-8-19-12(10)13(17)16-6-3-11-15-7-9-18-11/h4,7-9H,3,5-6,14H2,(H,16,17). The summed E-state index contributed by atoms with van der Waals surface area (Å²) in [5, 5.41) is 7.69. The molecule has 6 heteroatoms. The second-order valence-corrected chi connectivity index (χ2v) is 5.50. The van der Waals surface area contributed by atoms with Crippen LogP contribution in [-0.4, -0.2) is 24.0 Å². The normalized spacial score (nSPS) is 9.74. The minimum absolute atomic E-state index is 0.0899. The van der Waals surface area contributed by atoms with E-state index < -0.39 is 0 Å². The van der Waals surface area contributed by atoms with Gasteiger partial charge in [0.25, 0.3) is 5.91 Å². The average molecular weight is 291 g/mol. The molecule has 0 fully saturated rings. The fourth-order valence-electron chi connectivity index (χ4n) is 1.47. The Kier molecular flexibility index (Phi) is 5.10. The lowest BCUT2D eigenvalue weighted by Crippen LogP contribution is -2.25. The van der Waals surface area contributed by atoms with Crippen molar-refractivity contribution in [3.63, 3.8) is 0 Å². The Balaban J connectivity index is 1.91. The summed E-state index contributed by atoms with van der Waals surface area (Å²) in [7, 11) is 0. The second kappa shape index (κ2) is 7.04. The van der Waals surface area contributed by atoms with Gasteiger partial charge >= 0.3 is 0 Å². The molecule has 98 valence electrons. The van der Waals surface area contributed by atoms with E-state index in [2.05, 4.69) is 22.1 Å². The zero-order valence-electron chi connectivity index (χ0n) is 10.2. The summed E-state index contributed by atoms with van der Waals surface area (Å²) in [6.45, 7) is 0.870. The van der Waals surface area contributed by atoms with Gasteiger partial charge in [0.1, 0.15) is 4.88 Å². The van der Waals surface area contributed by atoms with Crippen molar-refractivity contribution in [3.8, 4) is 11.8 Å². The highest BCUT2D eigenvalue weighted by Gasteiger charge is 2.11. The summed E-state index contributed by atoms with van der Waals surface area (Å²) < 4.78 is 0. The molecule has 4 nitrogen and oxygen atoms in total. The highest BCUT2D eigenvalue weighted by atomic mass is 32.1. The van der Waals surface area contributed by atoms with E-state index in [0.29, 0.717) is 18.0 Å². The predicted molar refractivity (Wildman–Crippen MR) is 78.4 cm³/mol. The summed E-state index contributed by atoms with van der Waals surface area (Å²) in [6.07, 6.45) is 2.51. The van der Waals surface area contributed by atoms with Crippen molar-refractivity contribution in [2.75, 3.05) is 13.1 Å². The number of nitrogens with one attached hydrogen (secondary N) is 1. The summed E-state index contributed by atoms with van der Waals surface area (Å²) >= 11 is 2.98. The van der Waals surface area contributed by atoms with Crippen LogP contribution in [0.3, 0.4) is 0 Å². The van der Waals surface area contributed by atoms with Crippen molar-refractivity contribution in [1.29, 1.82) is 0 Å². The fraction of sp³-hybridized carbons (Fsp3) is 0.231. The van der Waals surface area contributed by atoms with Gasteiger partial charge in [-0.2, -0.15) is 0 Å². The topological polar surface area (TPSA) is 68.0 Å². The molecule has 0 unspecified atom stereocenters. The van der Waals surface area contributed by atoms with E-state index in [9.17, 15) is 4.79 Å².